The molecule has 1 heterocycles. The second-order valence-electron chi connectivity index (χ2n) is 2.96. The first-order valence-electron chi connectivity index (χ1n) is 4.05. The van der Waals surface area contributed by atoms with Crippen LogP contribution in [-0.2, 0) is 0 Å². The fourth-order valence-corrected chi connectivity index (χ4v) is 1.32. The lowest BCUT2D eigenvalue weighted by atomic mass is 10.1. The molecule has 3 N–H and O–H groups in total. The predicted molar refractivity (Wildman–Crippen MR) is 51.9 cm³/mol. The molecule has 0 bridgehead atoms. The number of nitrogens with zero attached hydrogens (tertiary/aromatic N) is 1. The first-order valence-corrected chi connectivity index (χ1v) is 4.05. The lowest BCUT2D eigenvalue weighted by Gasteiger charge is -2.02. The summed E-state index contributed by atoms with van der Waals surface area (Å²) in [7, 11) is 0. The van der Waals surface area contributed by atoms with Crippen LogP contribution in [0.5, 0.6) is 5.75 Å². The van der Waals surface area contributed by atoms with Crippen molar-refractivity contribution in [3.63, 3.8) is 0 Å². The minimum atomic E-state index is -0.645. The molecule has 1 aromatic heterocycles. The topological polar surface area (TPSA) is 76.2 Å². The van der Waals surface area contributed by atoms with Crippen molar-refractivity contribution in [1.29, 1.82) is 0 Å². The molecule has 2 aromatic rings. The molecule has 1 amide bonds. The number of carbonyl (C=O) groups excluding carboxylic acids is 1. The first-order chi connectivity index (χ1) is 6.68. The number of nitrogens with two attached hydrogens (primary N) is 1. The van der Waals surface area contributed by atoms with E-state index < -0.39 is 5.91 Å². The lowest BCUT2D eigenvalue weighted by molar-refractivity contribution is 0.0998. The van der Waals surface area contributed by atoms with Crippen LogP contribution in [0.2, 0.25) is 0 Å². The van der Waals surface area contributed by atoms with Crippen LogP contribution in [0, 0.1) is 0 Å². The van der Waals surface area contributed by atoms with Crippen LogP contribution in [0.3, 0.4) is 0 Å². The third kappa shape index (κ3) is 1.26. The largest absolute Gasteiger partial charge is 0.507 e. The van der Waals surface area contributed by atoms with Gasteiger partial charge < -0.3 is 10.8 Å². The number of aromatic nitrogens is 1. The average Bonchev–Trinajstić information content (AvgIpc) is 2.16. The summed E-state index contributed by atoms with van der Waals surface area (Å²) in [4.78, 5) is 14.8. The van der Waals surface area contributed by atoms with E-state index in [2.05, 4.69) is 4.98 Å². The van der Waals surface area contributed by atoms with Gasteiger partial charge in [-0.25, -0.2) is 0 Å². The molecular formula is C10H8N2O2. The Morgan fingerprint density at radius 2 is 2.14 bits per heavy atom. The summed E-state index contributed by atoms with van der Waals surface area (Å²) in [5, 5.41) is 11.1. The molecule has 0 fully saturated rings. The summed E-state index contributed by atoms with van der Waals surface area (Å²) in [5.74, 6) is -0.746. The standard InChI is InChI=1S/C10H8N2O2/c11-10(14)8-3-7-5-12-2-1-6(7)4-9(8)13/h1-5,13H,(H2,11,14). The van der Waals surface area contributed by atoms with Crippen molar-refractivity contribution in [2.45, 2.75) is 0 Å². The highest BCUT2D eigenvalue weighted by molar-refractivity contribution is 6.00. The molecule has 1 aromatic carbocycles. The molecule has 0 aliphatic carbocycles. The molecule has 0 atom stereocenters. The van der Waals surface area contributed by atoms with Gasteiger partial charge >= 0.3 is 0 Å². The Bertz CT molecular complexity index is 508. The summed E-state index contributed by atoms with van der Waals surface area (Å²) in [6, 6.07) is 4.77. The maximum absolute atomic E-state index is 10.9. The fourth-order valence-electron chi connectivity index (χ4n) is 1.32. The lowest BCUT2D eigenvalue weighted by Crippen LogP contribution is -2.10. The van der Waals surface area contributed by atoms with Crippen LogP contribution in [0.25, 0.3) is 10.8 Å². The van der Waals surface area contributed by atoms with Gasteiger partial charge in [0.05, 0.1) is 5.56 Å². The third-order valence-electron chi connectivity index (χ3n) is 2.02. The zero-order valence-electron chi connectivity index (χ0n) is 7.27. The second-order valence-corrected chi connectivity index (χ2v) is 2.96. The number of pyridine rings is 1. The van der Waals surface area contributed by atoms with Crippen LogP contribution in [0.1, 0.15) is 10.4 Å². The van der Waals surface area contributed by atoms with Crippen LogP contribution < -0.4 is 5.73 Å². The number of hydrogen-bond acceptors (Lipinski definition) is 3. The molecule has 4 heteroatoms. The highest BCUT2D eigenvalue weighted by Crippen LogP contribution is 2.23. The third-order valence-corrected chi connectivity index (χ3v) is 2.02. The molecule has 0 saturated heterocycles. The molecule has 2 rings (SSSR count). The monoisotopic (exact) mass is 188 g/mol. The zero-order chi connectivity index (χ0) is 10.1. The van der Waals surface area contributed by atoms with Gasteiger partial charge in [0.25, 0.3) is 5.91 Å². The van der Waals surface area contributed by atoms with Crippen molar-refractivity contribution in [3.8, 4) is 5.75 Å². The summed E-state index contributed by atoms with van der Waals surface area (Å²) in [5.41, 5.74) is 5.20. The maximum Gasteiger partial charge on any atom is 0.252 e. The molecule has 0 saturated carbocycles. The number of carbonyl (C=O) groups is 1. The summed E-state index contributed by atoms with van der Waals surface area (Å²) >= 11 is 0. The number of benzene rings is 1. The van der Waals surface area contributed by atoms with Gasteiger partial charge in [-0.1, -0.05) is 0 Å². The number of rotatable bonds is 1. The summed E-state index contributed by atoms with van der Waals surface area (Å²) in [6.45, 7) is 0. The molecule has 0 aliphatic rings. The Kier molecular flexibility index (Phi) is 1.81. The van der Waals surface area contributed by atoms with Gasteiger partial charge in [0.1, 0.15) is 5.75 Å². The molecule has 70 valence electrons. The summed E-state index contributed by atoms with van der Waals surface area (Å²) in [6.07, 6.45) is 3.23. The Hall–Kier alpha value is -2.10. The van der Waals surface area contributed by atoms with E-state index in [9.17, 15) is 9.90 Å². The quantitative estimate of drug-likeness (QED) is 0.701. The first kappa shape index (κ1) is 8.50. The highest BCUT2D eigenvalue weighted by Gasteiger charge is 2.08. The molecule has 14 heavy (non-hydrogen) atoms. The Balaban J connectivity index is 2.77. The molecule has 0 unspecified atom stereocenters. The van der Waals surface area contributed by atoms with Crippen molar-refractivity contribution in [1.82, 2.24) is 4.98 Å². The molecule has 4 nitrogen and oxygen atoms in total. The van der Waals surface area contributed by atoms with Gasteiger partial charge in [-0.15, -0.1) is 0 Å². The fraction of sp³-hybridized carbons (Fsp3) is 0. The maximum atomic E-state index is 10.9. The van der Waals surface area contributed by atoms with E-state index in [0.29, 0.717) is 0 Å². The van der Waals surface area contributed by atoms with E-state index in [4.69, 9.17) is 5.73 Å². The van der Waals surface area contributed by atoms with E-state index >= 15 is 0 Å². The van der Waals surface area contributed by atoms with Crippen molar-refractivity contribution in [3.05, 3.63) is 36.2 Å². The van der Waals surface area contributed by atoms with E-state index in [1.807, 2.05) is 0 Å². The van der Waals surface area contributed by atoms with Crippen molar-refractivity contribution in [2.75, 3.05) is 0 Å². The normalized spacial score (nSPS) is 10.3. The number of amides is 1. The molecular weight excluding hydrogens is 180 g/mol. The Labute approximate surface area is 80.0 Å². The van der Waals surface area contributed by atoms with Crippen molar-refractivity contribution in [2.24, 2.45) is 5.73 Å². The SMILES string of the molecule is NC(=O)c1cc2cnccc2cc1O. The summed E-state index contributed by atoms with van der Waals surface area (Å²) < 4.78 is 0. The van der Waals surface area contributed by atoms with Gasteiger partial charge in [0, 0.05) is 17.8 Å². The number of aromatic hydroxyl groups is 1. The van der Waals surface area contributed by atoms with Crippen LogP contribution in [-0.4, -0.2) is 16.0 Å². The number of hydrogen-bond donors (Lipinski definition) is 2. The van der Waals surface area contributed by atoms with Crippen LogP contribution in [0.4, 0.5) is 0 Å². The van der Waals surface area contributed by atoms with E-state index in [1.165, 1.54) is 12.1 Å². The number of fused-ring (bicyclic) bond motifs is 1. The van der Waals surface area contributed by atoms with Gasteiger partial charge in [0.2, 0.25) is 0 Å². The zero-order valence-corrected chi connectivity index (χ0v) is 7.27. The van der Waals surface area contributed by atoms with Crippen LogP contribution in [0.15, 0.2) is 30.6 Å². The minimum absolute atomic E-state index is 0.101. The molecule has 0 spiro atoms. The van der Waals surface area contributed by atoms with Gasteiger partial charge in [0.15, 0.2) is 0 Å². The van der Waals surface area contributed by atoms with Gasteiger partial charge in [-0.2, -0.15) is 0 Å². The number of primary amides is 1. The van der Waals surface area contributed by atoms with Crippen LogP contribution >= 0.6 is 0 Å². The van der Waals surface area contributed by atoms with Gasteiger partial charge in [-0.05, 0) is 23.6 Å². The Morgan fingerprint density at radius 3 is 2.86 bits per heavy atom. The second kappa shape index (κ2) is 2.99. The van der Waals surface area contributed by atoms with E-state index in [1.54, 1.807) is 18.5 Å². The number of phenols is 1. The highest BCUT2D eigenvalue weighted by atomic mass is 16.3. The van der Waals surface area contributed by atoms with E-state index in [-0.39, 0.29) is 11.3 Å². The van der Waals surface area contributed by atoms with E-state index in [0.717, 1.165) is 10.8 Å². The average molecular weight is 188 g/mol. The predicted octanol–water partition coefficient (Wildman–Crippen LogP) is 1.04. The van der Waals surface area contributed by atoms with Gasteiger partial charge in [-0.3, -0.25) is 9.78 Å². The minimum Gasteiger partial charge on any atom is -0.507 e. The smallest absolute Gasteiger partial charge is 0.252 e. The molecule has 0 aliphatic heterocycles. The van der Waals surface area contributed by atoms with Crippen molar-refractivity contribution < 1.29 is 9.90 Å². The van der Waals surface area contributed by atoms with Crippen molar-refractivity contribution >= 4 is 16.7 Å². The molecule has 0 radical (unpaired) electrons. The Morgan fingerprint density at radius 1 is 1.36 bits per heavy atom.